The molecule has 2 rings (SSSR count). The van der Waals surface area contributed by atoms with Gasteiger partial charge in [0.2, 0.25) is 5.89 Å². The van der Waals surface area contributed by atoms with E-state index in [4.69, 9.17) is 4.42 Å². The summed E-state index contributed by atoms with van der Waals surface area (Å²) in [6.07, 6.45) is 5.61. The molecule has 0 aromatic carbocycles. The van der Waals surface area contributed by atoms with E-state index in [9.17, 15) is 0 Å². The number of aliphatic imine (C=N–C) groups is 1. The van der Waals surface area contributed by atoms with Crippen LogP contribution in [0.4, 0.5) is 0 Å². The van der Waals surface area contributed by atoms with E-state index in [0.29, 0.717) is 18.5 Å². The van der Waals surface area contributed by atoms with Gasteiger partial charge in [0.1, 0.15) is 5.76 Å². The van der Waals surface area contributed by atoms with Gasteiger partial charge in [0.15, 0.2) is 5.96 Å². The molecule has 0 amide bonds. The van der Waals surface area contributed by atoms with Crippen LogP contribution in [0.1, 0.15) is 58.6 Å². The fourth-order valence-corrected chi connectivity index (χ4v) is 2.38. The van der Waals surface area contributed by atoms with Crippen LogP contribution in [0.25, 0.3) is 0 Å². The maximum atomic E-state index is 5.77. The van der Waals surface area contributed by atoms with E-state index in [2.05, 4.69) is 48.3 Å². The van der Waals surface area contributed by atoms with Crippen LogP contribution in [-0.4, -0.2) is 24.0 Å². The second-order valence-electron chi connectivity index (χ2n) is 6.83. The first-order valence-electron chi connectivity index (χ1n) is 7.86. The topological polar surface area (TPSA) is 62.5 Å². The van der Waals surface area contributed by atoms with Gasteiger partial charge in [-0.3, -0.25) is 4.99 Å². The second kappa shape index (κ2) is 6.50. The molecule has 0 saturated heterocycles. The highest BCUT2D eigenvalue weighted by Crippen LogP contribution is 2.34. The predicted molar refractivity (Wildman–Crippen MR) is 85.3 cm³/mol. The largest absolute Gasteiger partial charge is 0.443 e. The lowest BCUT2D eigenvalue weighted by atomic mass is 9.94. The molecule has 0 bridgehead atoms. The van der Waals surface area contributed by atoms with Crippen LogP contribution in [-0.2, 0) is 12.0 Å². The van der Waals surface area contributed by atoms with E-state index in [1.165, 1.54) is 19.3 Å². The zero-order valence-electron chi connectivity index (χ0n) is 13.9. The molecule has 2 N–H and O–H groups in total. The molecule has 0 spiro atoms. The van der Waals surface area contributed by atoms with Crippen molar-refractivity contribution < 1.29 is 4.42 Å². The third kappa shape index (κ3) is 4.48. The van der Waals surface area contributed by atoms with Gasteiger partial charge >= 0.3 is 0 Å². The van der Waals surface area contributed by atoms with Gasteiger partial charge in [-0.15, -0.1) is 0 Å². The Balaban J connectivity index is 1.80. The van der Waals surface area contributed by atoms with E-state index < -0.39 is 0 Å². The Morgan fingerprint density at radius 2 is 2.24 bits per heavy atom. The molecule has 1 heterocycles. The van der Waals surface area contributed by atoms with Crippen molar-refractivity contribution in [3.8, 4) is 0 Å². The molecule has 21 heavy (non-hydrogen) atoms. The minimum Gasteiger partial charge on any atom is -0.443 e. The maximum absolute atomic E-state index is 5.77. The van der Waals surface area contributed by atoms with E-state index in [0.717, 1.165) is 17.6 Å². The highest BCUT2D eigenvalue weighted by Gasteiger charge is 2.36. The van der Waals surface area contributed by atoms with Crippen molar-refractivity contribution in [3.05, 3.63) is 17.8 Å². The first-order valence-corrected chi connectivity index (χ1v) is 7.86. The Kier molecular flexibility index (Phi) is 4.91. The molecular weight excluding hydrogens is 264 g/mol. The second-order valence-corrected chi connectivity index (χ2v) is 6.83. The van der Waals surface area contributed by atoms with Crippen LogP contribution in [0.2, 0.25) is 0 Å². The number of rotatable bonds is 5. The number of nitrogens with zero attached hydrogens (tertiary/aromatic N) is 2. The average molecular weight is 292 g/mol. The van der Waals surface area contributed by atoms with Crippen molar-refractivity contribution in [2.24, 2.45) is 10.9 Å². The molecular formula is C16H28N4O. The van der Waals surface area contributed by atoms with Crippen molar-refractivity contribution in [3.63, 3.8) is 0 Å². The van der Waals surface area contributed by atoms with Gasteiger partial charge in [-0.2, -0.15) is 0 Å². The van der Waals surface area contributed by atoms with Gasteiger partial charge in [-0.25, -0.2) is 4.98 Å². The fourth-order valence-electron chi connectivity index (χ4n) is 2.38. The Labute approximate surface area is 127 Å². The number of nitrogens with one attached hydrogen (secondary N) is 2. The van der Waals surface area contributed by atoms with Crippen LogP contribution in [0.3, 0.4) is 0 Å². The van der Waals surface area contributed by atoms with Crippen LogP contribution in [0.5, 0.6) is 0 Å². The SMILES string of the molecule is CCCC1CC1NC(=NC)NCc1ncc(C(C)(C)C)o1. The van der Waals surface area contributed by atoms with Crippen molar-refractivity contribution in [1.82, 2.24) is 15.6 Å². The van der Waals surface area contributed by atoms with Gasteiger partial charge < -0.3 is 15.1 Å². The minimum atomic E-state index is -0.00738. The molecule has 0 radical (unpaired) electrons. The summed E-state index contributed by atoms with van der Waals surface area (Å²) in [5, 5.41) is 6.72. The van der Waals surface area contributed by atoms with E-state index in [1.54, 1.807) is 7.05 Å². The lowest BCUT2D eigenvalue weighted by molar-refractivity contribution is 0.379. The molecule has 118 valence electrons. The third-order valence-electron chi connectivity index (χ3n) is 3.83. The lowest BCUT2D eigenvalue weighted by Gasteiger charge is -2.13. The molecule has 1 aliphatic rings. The Morgan fingerprint density at radius 3 is 2.81 bits per heavy atom. The van der Waals surface area contributed by atoms with Crippen molar-refractivity contribution >= 4 is 5.96 Å². The predicted octanol–water partition coefficient (Wildman–Crippen LogP) is 2.83. The molecule has 1 aliphatic carbocycles. The quantitative estimate of drug-likeness (QED) is 0.647. The van der Waals surface area contributed by atoms with Crippen LogP contribution in [0.15, 0.2) is 15.6 Å². The van der Waals surface area contributed by atoms with E-state index in [-0.39, 0.29) is 5.41 Å². The lowest BCUT2D eigenvalue weighted by Crippen LogP contribution is -2.38. The van der Waals surface area contributed by atoms with Crippen LogP contribution < -0.4 is 10.6 Å². The molecule has 1 saturated carbocycles. The summed E-state index contributed by atoms with van der Waals surface area (Å²) < 4.78 is 5.77. The van der Waals surface area contributed by atoms with E-state index in [1.807, 2.05) is 6.20 Å². The maximum Gasteiger partial charge on any atom is 0.213 e. The number of guanidine groups is 1. The molecule has 1 fully saturated rings. The first-order chi connectivity index (χ1) is 9.94. The number of hydrogen-bond donors (Lipinski definition) is 2. The summed E-state index contributed by atoms with van der Waals surface area (Å²) in [5.41, 5.74) is -0.00738. The highest BCUT2D eigenvalue weighted by atomic mass is 16.4. The standard InChI is InChI=1S/C16H28N4O/c1-6-7-11-8-12(11)20-15(17-5)19-10-14-18-9-13(21-14)16(2,3)4/h9,11-12H,6-8,10H2,1-5H3,(H2,17,19,20). The molecule has 0 aliphatic heterocycles. The Hall–Kier alpha value is -1.52. The van der Waals surface area contributed by atoms with Crippen molar-refractivity contribution in [2.75, 3.05) is 7.05 Å². The van der Waals surface area contributed by atoms with Gasteiger partial charge in [0.25, 0.3) is 0 Å². The molecule has 5 nitrogen and oxygen atoms in total. The summed E-state index contributed by atoms with van der Waals surface area (Å²) in [5.74, 6) is 3.24. The Morgan fingerprint density at radius 1 is 1.48 bits per heavy atom. The van der Waals surface area contributed by atoms with Gasteiger partial charge in [-0.05, 0) is 18.8 Å². The third-order valence-corrected chi connectivity index (χ3v) is 3.83. The fraction of sp³-hybridized carbons (Fsp3) is 0.750. The zero-order chi connectivity index (χ0) is 15.5. The van der Waals surface area contributed by atoms with Crippen molar-refractivity contribution in [2.45, 2.75) is 65.0 Å². The summed E-state index contributed by atoms with van der Waals surface area (Å²) in [6, 6.07) is 0.575. The molecule has 1 aromatic heterocycles. The van der Waals surface area contributed by atoms with Gasteiger partial charge in [0, 0.05) is 18.5 Å². The highest BCUT2D eigenvalue weighted by molar-refractivity contribution is 5.80. The zero-order valence-corrected chi connectivity index (χ0v) is 13.9. The summed E-state index contributed by atoms with van der Waals surface area (Å²) in [7, 11) is 1.79. The van der Waals surface area contributed by atoms with Gasteiger partial charge in [-0.1, -0.05) is 34.1 Å². The molecule has 2 unspecified atom stereocenters. The Bertz CT molecular complexity index is 487. The molecule has 1 aromatic rings. The summed E-state index contributed by atoms with van der Waals surface area (Å²) in [6.45, 7) is 9.14. The summed E-state index contributed by atoms with van der Waals surface area (Å²) >= 11 is 0. The normalized spacial score (nSPS) is 22.2. The number of hydrogen-bond acceptors (Lipinski definition) is 3. The average Bonchev–Trinajstić information content (AvgIpc) is 2.96. The van der Waals surface area contributed by atoms with Gasteiger partial charge in [0.05, 0.1) is 12.7 Å². The molecule has 2 atom stereocenters. The van der Waals surface area contributed by atoms with Crippen LogP contribution in [0, 0.1) is 5.92 Å². The summed E-state index contributed by atoms with van der Waals surface area (Å²) in [4.78, 5) is 8.57. The van der Waals surface area contributed by atoms with Crippen molar-refractivity contribution in [1.29, 1.82) is 0 Å². The smallest absolute Gasteiger partial charge is 0.213 e. The molecule has 5 heteroatoms. The van der Waals surface area contributed by atoms with Crippen LogP contribution >= 0.6 is 0 Å². The number of aromatic nitrogens is 1. The number of oxazole rings is 1. The minimum absolute atomic E-state index is 0.00738. The van der Waals surface area contributed by atoms with E-state index >= 15 is 0 Å². The monoisotopic (exact) mass is 292 g/mol. The first kappa shape index (κ1) is 15.9.